The fourth-order valence-corrected chi connectivity index (χ4v) is 2.24. The Balaban J connectivity index is 2.71. The molecule has 0 amide bonds. The van der Waals surface area contributed by atoms with Crippen molar-refractivity contribution in [1.29, 1.82) is 0 Å². The maximum atomic E-state index is 14.2. The fraction of sp³-hybridized carbons (Fsp3) is 0.154. The minimum absolute atomic E-state index is 0.0455. The third kappa shape index (κ3) is 3.07. The van der Waals surface area contributed by atoms with Crippen molar-refractivity contribution in [3.05, 3.63) is 45.0 Å². The van der Waals surface area contributed by atoms with Gasteiger partial charge in [-0.1, -0.05) is 17.7 Å². The summed E-state index contributed by atoms with van der Waals surface area (Å²) >= 11 is 8.61. The molecule has 1 heterocycles. The summed E-state index contributed by atoms with van der Waals surface area (Å²) in [5.74, 6) is -1.91. The number of halogens is 5. The highest BCUT2D eigenvalue weighted by Gasteiger charge is 2.23. The number of esters is 1. The van der Waals surface area contributed by atoms with Crippen molar-refractivity contribution in [2.24, 2.45) is 0 Å². The van der Waals surface area contributed by atoms with Gasteiger partial charge in [0.15, 0.2) is 11.5 Å². The Morgan fingerprint density at radius 1 is 1.41 bits per heavy atom. The third-order valence-corrected chi connectivity index (χ3v) is 3.60. The molecule has 0 fully saturated rings. The van der Waals surface area contributed by atoms with E-state index in [1.807, 2.05) is 0 Å². The zero-order valence-electron chi connectivity index (χ0n) is 10.9. The Bertz CT molecular complexity index is 743. The Labute approximate surface area is 136 Å². The van der Waals surface area contributed by atoms with Crippen LogP contribution in [0.3, 0.4) is 0 Å². The van der Waals surface area contributed by atoms with E-state index in [-0.39, 0.29) is 21.0 Å². The molecule has 1 aromatic heterocycles. The summed E-state index contributed by atoms with van der Waals surface area (Å²) < 4.78 is 44.8. The molecule has 0 bridgehead atoms. The quantitative estimate of drug-likeness (QED) is 0.722. The highest BCUT2D eigenvalue weighted by atomic mass is 79.9. The summed E-state index contributed by atoms with van der Waals surface area (Å²) in [5, 5.41) is -0.344. The number of benzene rings is 1. The minimum Gasteiger partial charge on any atom is -0.464 e. The molecule has 0 saturated heterocycles. The van der Waals surface area contributed by atoms with Crippen LogP contribution < -0.4 is 0 Å². The van der Waals surface area contributed by atoms with Gasteiger partial charge in [0, 0.05) is 11.1 Å². The maximum Gasteiger partial charge on any atom is 0.359 e. The molecule has 0 aliphatic carbocycles. The molecule has 0 spiro atoms. The number of carbonyl (C=O) groups excluding carboxylic acids is 1. The van der Waals surface area contributed by atoms with E-state index in [0.29, 0.717) is 0 Å². The largest absolute Gasteiger partial charge is 0.464 e. The smallest absolute Gasteiger partial charge is 0.359 e. The molecule has 9 heteroatoms. The molecule has 2 rings (SSSR count). The van der Waals surface area contributed by atoms with E-state index in [1.165, 1.54) is 0 Å². The standard InChI is InChI=1S/C13H7BrClF3N2O2/c1-22-13(21)10-11(14)19-4-7(20-10)8-5(12(17)18)2-3-6(15)9(8)16/h2-4,12H,1H3. The number of ether oxygens (including phenoxy) is 1. The first-order valence-corrected chi connectivity index (χ1v) is 6.91. The Morgan fingerprint density at radius 3 is 2.68 bits per heavy atom. The van der Waals surface area contributed by atoms with Crippen LogP contribution in [-0.4, -0.2) is 23.0 Å². The lowest BCUT2D eigenvalue weighted by molar-refractivity contribution is 0.0592. The van der Waals surface area contributed by atoms with Gasteiger partial charge in [-0.3, -0.25) is 0 Å². The van der Waals surface area contributed by atoms with Gasteiger partial charge in [0.05, 0.1) is 24.0 Å². The number of hydrogen-bond acceptors (Lipinski definition) is 4. The Morgan fingerprint density at radius 2 is 2.09 bits per heavy atom. The normalized spacial score (nSPS) is 10.9. The van der Waals surface area contributed by atoms with Gasteiger partial charge in [0.2, 0.25) is 0 Å². The van der Waals surface area contributed by atoms with Gasteiger partial charge in [0.1, 0.15) is 4.60 Å². The highest BCUT2D eigenvalue weighted by molar-refractivity contribution is 9.10. The fourth-order valence-electron chi connectivity index (χ4n) is 1.73. The Hall–Kier alpha value is -1.67. The monoisotopic (exact) mass is 394 g/mol. The van der Waals surface area contributed by atoms with Crippen LogP contribution in [-0.2, 0) is 4.74 Å². The van der Waals surface area contributed by atoms with Crippen molar-refractivity contribution >= 4 is 33.5 Å². The molecule has 0 atom stereocenters. The number of aromatic nitrogens is 2. The van der Waals surface area contributed by atoms with Crippen molar-refractivity contribution in [3.63, 3.8) is 0 Å². The van der Waals surface area contributed by atoms with Crippen LogP contribution in [0.1, 0.15) is 22.5 Å². The topological polar surface area (TPSA) is 52.1 Å². The number of carbonyl (C=O) groups is 1. The number of hydrogen-bond donors (Lipinski definition) is 0. The maximum absolute atomic E-state index is 14.2. The van der Waals surface area contributed by atoms with Gasteiger partial charge in [-0.15, -0.1) is 0 Å². The molecular formula is C13H7BrClF3N2O2. The molecule has 116 valence electrons. The second kappa shape index (κ2) is 6.62. The molecule has 4 nitrogen and oxygen atoms in total. The molecule has 1 aromatic carbocycles. The SMILES string of the molecule is COC(=O)c1nc(-c2c(C(F)F)ccc(Cl)c2F)cnc1Br. The van der Waals surface area contributed by atoms with Crippen LogP contribution in [0.25, 0.3) is 11.3 Å². The lowest BCUT2D eigenvalue weighted by Crippen LogP contribution is -2.08. The van der Waals surface area contributed by atoms with Crippen LogP contribution in [0.5, 0.6) is 0 Å². The molecule has 0 aliphatic rings. The van der Waals surface area contributed by atoms with E-state index in [4.69, 9.17) is 11.6 Å². The first-order chi connectivity index (χ1) is 10.4. The summed E-state index contributed by atoms with van der Waals surface area (Å²) in [7, 11) is 1.12. The first kappa shape index (κ1) is 16.7. The zero-order chi connectivity index (χ0) is 16.4. The lowest BCUT2D eigenvalue weighted by Gasteiger charge is -2.11. The number of nitrogens with zero attached hydrogens (tertiary/aromatic N) is 2. The van der Waals surface area contributed by atoms with E-state index >= 15 is 0 Å². The number of rotatable bonds is 3. The van der Waals surface area contributed by atoms with Crippen molar-refractivity contribution in [3.8, 4) is 11.3 Å². The van der Waals surface area contributed by atoms with Gasteiger partial charge in [-0.2, -0.15) is 0 Å². The molecular weight excluding hydrogens is 389 g/mol. The van der Waals surface area contributed by atoms with Gasteiger partial charge in [-0.05, 0) is 22.0 Å². The molecule has 0 radical (unpaired) electrons. The second-order valence-corrected chi connectivity index (χ2v) is 5.17. The second-order valence-electron chi connectivity index (χ2n) is 4.01. The van der Waals surface area contributed by atoms with Crippen LogP contribution >= 0.6 is 27.5 Å². The predicted molar refractivity (Wildman–Crippen MR) is 76.4 cm³/mol. The molecule has 0 saturated carbocycles. The van der Waals surface area contributed by atoms with Crippen LogP contribution in [0, 0.1) is 5.82 Å². The number of alkyl halides is 2. The Kier molecular flexibility index (Phi) is 5.02. The van der Waals surface area contributed by atoms with Crippen molar-refractivity contribution in [2.75, 3.05) is 7.11 Å². The predicted octanol–water partition coefficient (Wildman–Crippen LogP) is 4.42. The van der Waals surface area contributed by atoms with E-state index < -0.39 is 29.3 Å². The van der Waals surface area contributed by atoms with Crippen molar-refractivity contribution < 1.29 is 22.7 Å². The summed E-state index contributed by atoms with van der Waals surface area (Å²) in [6.07, 6.45) is -1.90. The average Bonchev–Trinajstić information content (AvgIpc) is 2.49. The number of methoxy groups -OCH3 is 1. The lowest BCUT2D eigenvalue weighted by atomic mass is 10.0. The van der Waals surface area contributed by atoms with Gasteiger partial charge < -0.3 is 4.74 Å². The summed E-state index contributed by atoms with van der Waals surface area (Å²) in [6, 6.07) is 2.02. The third-order valence-electron chi connectivity index (χ3n) is 2.72. The molecule has 0 aliphatic heterocycles. The van der Waals surface area contributed by atoms with Gasteiger partial charge in [-0.25, -0.2) is 27.9 Å². The van der Waals surface area contributed by atoms with E-state index in [2.05, 4.69) is 30.6 Å². The van der Waals surface area contributed by atoms with Crippen LogP contribution in [0.15, 0.2) is 22.9 Å². The molecule has 0 N–H and O–H groups in total. The first-order valence-electron chi connectivity index (χ1n) is 5.74. The molecule has 22 heavy (non-hydrogen) atoms. The van der Waals surface area contributed by atoms with Crippen LogP contribution in [0.2, 0.25) is 5.02 Å². The molecule has 2 aromatic rings. The highest BCUT2D eigenvalue weighted by Crippen LogP contribution is 2.35. The minimum atomic E-state index is -2.95. The van der Waals surface area contributed by atoms with Gasteiger partial charge >= 0.3 is 5.97 Å². The summed E-state index contributed by atoms with van der Waals surface area (Å²) in [6.45, 7) is 0. The summed E-state index contributed by atoms with van der Waals surface area (Å²) in [4.78, 5) is 19.2. The van der Waals surface area contributed by atoms with E-state index in [1.54, 1.807) is 0 Å². The van der Waals surface area contributed by atoms with Crippen LogP contribution in [0.4, 0.5) is 13.2 Å². The van der Waals surface area contributed by atoms with Crippen molar-refractivity contribution in [1.82, 2.24) is 9.97 Å². The summed E-state index contributed by atoms with van der Waals surface area (Å²) in [5.41, 5.74) is -1.62. The van der Waals surface area contributed by atoms with Gasteiger partial charge in [0.25, 0.3) is 6.43 Å². The van der Waals surface area contributed by atoms with E-state index in [0.717, 1.165) is 25.4 Å². The average molecular weight is 396 g/mol. The van der Waals surface area contributed by atoms with E-state index in [9.17, 15) is 18.0 Å². The zero-order valence-corrected chi connectivity index (χ0v) is 13.3. The van der Waals surface area contributed by atoms with Crippen molar-refractivity contribution in [2.45, 2.75) is 6.43 Å². The molecule has 0 unspecified atom stereocenters.